The molecule has 0 radical (unpaired) electrons. The summed E-state index contributed by atoms with van der Waals surface area (Å²) in [6.07, 6.45) is -2.14. The maximum Gasteiger partial charge on any atom is 0.416 e. The van der Waals surface area contributed by atoms with E-state index in [0.29, 0.717) is 5.75 Å². The minimum absolute atomic E-state index is 0.610. The highest BCUT2D eigenvalue weighted by molar-refractivity contribution is 7.98. The van der Waals surface area contributed by atoms with E-state index in [0.717, 1.165) is 34.7 Å². The van der Waals surface area contributed by atoms with Crippen molar-refractivity contribution in [1.82, 2.24) is 4.57 Å². The molecule has 1 heterocycles. The first-order valence-corrected chi connectivity index (χ1v) is 10.7. The molecule has 154 valence electrons. The molecule has 0 bridgehead atoms. The van der Waals surface area contributed by atoms with Crippen LogP contribution < -0.4 is 0 Å². The van der Waals surface area contributed by atoms with Gasteiger partial charge in [0.05, 0.1) is 5.56 Å². The number of thioether (sulfide) groups is 1. The number of benzene rings is 3. The summed E-state index contributed by atoms with van der Waals surface area (Å²) in [5.74, 6) is 0.621. The van der Waals surface area contributed by atoms with Gasteiger partial charge in [-0.25, -0.2) is 0 Å². The molecule has 0 amide bonds. The van der Waals surface area contributed by atoms with Crippen LogP contribution in [0.1, 0.15) is 27.8 Å². The predicted molar refractivity (Wildman–Crippen MR) is 118 cm³/mol. The van der Waals surface area contributed by atoms with Crippen molar-refractivity contribution >= 4 is 22.7 Å². The molecule has 30 heavy (non-hydrogen) atoms. The van der Waals surface area contributed by atoms with Crippen LogP contribution in [0, 0.1) is 13.8 Å². The van der Waals surface area contributed by atoms with Gasteiger partial charge in [0.1, 0.15) is 0 Å². The second-order valence-electron chi connectivity index (χ2n) is 7.55. The molecular formula is C25H22F3NS. The van der Waals surface area contributed by atoms with Crippen LogP contribution in [0.15, 0.2) is 77.8 Å². The van der Waals surface area contributed by atoms with E-state index < -0.39 is 11.7 Å². The Morgan fingerprint density at radius 2 is 1.63 bits per heavy atom. The van der Waals surface area contributed by atoms with Crippen LogP contribution in [0.25, 0.3) is 10.9 Å². The van der Waals surface area contributed by atoms with Crippen LogP contribution in [0.2, 0.25) is 0 Å². The molecule has 1 nitrogen and oxygen atoms in total. The number of alkyl halides is 3. The lowest BCUT2D eigenvalue weighted by molar-refractivity contribution is -0.137. The summed E-state index contributed by atoms with van der Waals surface area (Å²) in [6.45, 7) is 5.01. The Bertz CT molecular complexity index is 1170. The third kappa shape index (κ3) is 4.41. The van der Waals surface area contributed by atoms with Gasteiger partial charge in [-0.15, -0.1) is 11.8 Å². The van der Waals surface area contributed by atoms with Crippen molar-refractivity contribution in [1.29, 1.82) is 0 Å². The minimum atomic E-state index is -4.30. The number of aryl methyl sites for hydroxylation is 2. The quantitative estimate of drug-likeness (QED) is 0.298. The van der Waals surface area contributed by atoms with E-state index in [1.165, 1.54) is 22.1 Å². The van der Waals surface area contributed by atoms with Gasteiger partial charge < -0.3 is 4.57 Å². The Morgan fingerprint density at radius 1 is 0.900 bits per heavy atom. The molecule has 1 aromatic heterocycles. The molecule has 0 spiro atoms. The maximum absolute atomic E-state index is 12.8. The number of rotatable bonds is 5. The van der Waals surface area contributed by atoms with E-state index in [9.17, 15) is 13.2 Å². The average molecular weight is 426 g/mol. The van der Waals surface area contributed by atoms with Gasteiger partial charge in [0.25, 0.3) is 0 Å². The van der Waals surface area contributed by atoms with Crippen LogP contribution in [-0.4, -0.2) is 4.57 Å². The first kappa shape index (κ1) is 20.6. The fraction of sp³-hybridized carbons (Fsp3) is 0.200. The Hall–Kier alpha value is -2.66. The minimum Gasteiger partial charge on any atom is -0.342 e. The number of halogens is 3. The highest BCUT2D eigenvalue weighted by atomic mass is 32.2. The highest BCUT2D eigenvalue weighted by Crippen LogP contribution is 2.34. The van der Waals surface area contributed by atoms with E-state index in [2.05, 4.69) is 54.9 Å². The molecule has 0 aliphatic heterocycles. The lowest BCUT2D eigenvalue weighted by atomic mass is 10.1. The third-order valence-electron chi connectivity index (χ3n) is 5.27. The molecule has 0 saturated carbocycles. The van der Waals surface area contributed by atoms with E-state index in [4.69, 9.17) is 0 Å². The van der Waals surface area contributed by atoms with Gasteiger partial charge in [-0.2, -0.15) is 13.2 Å². The molecule has 0 fully saturated rings. The van der Waals surface area contributed by atoms with Crippen molar-refractivity contribution in [3.8, 4) is 0 Å². The van der Waals surface area contributed by atoms with E-state index in [1.807, 2.05) is 12.1 Å². The van der Waals surface area contributed by atoms with Gasteiger partial charge in [0.15, 0.2) is 0 Å². The summed E-state index contributed by atoms with van der Waals surface area (Å²) < 4.78 is 40.6. The molecule has 0 atom stereocenters. The number of hydrogen-bond acceptors (Lipinski definition) is 1. The lowest BCUT2D eigenvalue weighted by Crippen LogP contribution is -2.04. The largest absolute Gasteiger partial charge is 0.416 e. The molecule has 4 rings (SSSR count). The van der Waals surface area contributed by atoms with Gasteiger partial charge in [0.2, 0.25) is 0 Å². The number of fused-ring (bicyclic) bond motifs is 1. The van der Waals surface area contributed by atoms with Crippen LogP contribution in [-0.2, 0) is 18.5 Å². The van der Waals surface area contributed by atoms with Crippen molar-refractivity contribution in [3.63, 3.8) is 0 Å². The smallest absolute Gasteiger partial charge is 0.342 e. The molecule has 0 aliphatic rings. The zero-order valence-electron chi connectivity index (χ0n) is 16.8. The summed E-state index contributed by atoms with van der Waals surface area (Å²) in [5, 5.41) is 1.17. The molecule has 0 N–H and O–H groups in total. The topological polar surface area (TPSA) is 4.93 Å². The third-order valence-corrected chi connectivity index (χ3v) is 6.39. The fourth-order valence-electron chi connectivity index (χ4n) is 3.56. The first-order chi connectivity index (χ1) is 14.3. The van der Waals surface area contributed by atoms with Gasteiger partial charge in [-0.3, -0.25) is 0 Å². The van der Waals surface area contributed by atoms with Crippen LogP contribution in [0.3, 0.4) is 0 Å². The maximum atomic E-state index is 12.8. The Morgan fingerprint density at radius 3 is 2.37 bits per heavy atom. The summed E-state index contributed by atoms with van der Waals surface area (Å²) in [4.78, 5) is 1.14. The van der Waals surface area contributed by atoms with Crippen molar-refractivity contribution in [2.75, 3.05) is 0 Å². The lowest BCUT2D eigenvalue weighted by Gasteiger charge is -2.09. The van der Waals surface area contributed by atoms with Gasteiger partial charge in [-0.05, 0) is 48.7 Å². The number of para-hydroxylation sites is 1. The number of nitrogens with zero attached hydrogens (tertiary/aromatic N) is 1. The molecule has 0 aliphatic carbocycles. The summed E-state index contributed by atoms with van der Waals surface area (Å²) >= 11 is 1.65. The molecule has 4 aromatic rings. The zero-order chi connectivity index (χ0) is 21.3. The van der Waals surface area contributed by atoms with Crippen molar-refractivity contribution in [3.05, 3.63) is 101 Å². The summed E-state index contributed by atoms with van der Waals surface area (Å²) in [6, 6.07) is 20.2. The Kier molecular flexibility index (Phi) is 5.65. The van der Waals surface area contributed by atoms with Crippen LogP contribution in [0.4, 0.5) is 13.2 Å². The fourth-order valence-corrected chi connectivity index (χ4v) is 4.61. The van der Waals surface area contributed by atoms with Crippen molar-refractivity contribution in [2.24, 2.45) is 0 Å². The average Bonchev–Trinajstić information content (AvgIpc) is 3.06. The van der Waals surface area contributed by atoms with Gasteiger partial charge >= 0.3 is 6.18 Å². The van der Waals surface area contributed by atoms with Crippen LogP contribution >= 0.6 is 11.8 Å². The number of aromatic nitrogens is 1. The Labute approximate surface area is 178 Å². The molecule has 0 saturated heterocycles. The number of hydrogen-bond donors (Lipinski definition) is 0. The SMILES string of the molecule is Cc1ccc(C)c(Cn2cc(SCc3ccc(C(F)(F)F)cc3)c3ccccc32)c1. The monoisotopic (exact) mass is 425 g/mol. The van der Waals surface area contributed by atoms with Crippen molar-refractivity contribution < 1.29 is 13.2 Å². The molecular weight excluding hydrogens is 403 g/mol. The van der Waals surface area contributed by atoms with Gasteiger partial charge in [0, 0.05) is 34.3 Å². The zero-order valence-corrected chi connectivity index (χ0v) is 17.6. The van der Waals surface area contributed by atoms with Gasteiger partial charge in [-0.1, -0.05) is 54.1 Å². The Balaban J connectivity index is 1.58. The van der Waals surface area contributed by atoms with E-state index in [1.54, 1.807) is 23.9 Å². The standard InChI is InChI=1S/C25H22F3NS/c1-17-7-8-18(2)20(13-17)14-29-15-24(22-5-3-4-6-23(22)29)30-16-19-9-11-21(12-10-19)25(26,27)28/h3-13,15H,14,16H2,1-2H3. The predicted octanol–water partition coefficient (Wildman–Crippen LogP) is 7.62. The van der Waals surface area contributed by atoms with Crippen molar-refractivity contribution in [2.45, 2.75) is 37.2 Å². The molecule has 0 unspecified atom stereocenters. The first-order valence-electron chi connectivity index (χ1n) is 9.74. The second kappa shape index (κ2) is 8.23. The van der Waals surface area contributed by atoms with Crippen LogP contribution in [0.5, 0.6) is 0 Å². The highest BCUT2D eigenvalue weighted by Gasteiger charge is 2.29. The molecule has 5 heteroatoms. The second-order valence-corrected chi connectivity index (χ2v) is 8.57. The normalized spacial score (nSPS) is 11.9. The van der Waals surface area contributed by atoms with E-state index in [-0.39, 0.29) is 0 Å². The summed E-state index contributed by atoms with van der Waals surface area (Å²) in [7, 11) is 0. The molecule has 3 aromatic carbocycles. The van der Waals surface area contributed by atoms with E-state index >= 15 is 0 Å². The summed E-state index contributed by atoms with van der Waals surface area (Å²) in [5.41, 5.74) is 5.21.